The zero-order valence-electron chi connectivity index (χ0n) is 4.95. The Labute approximate surface area is 58.0 Å². The van der Waals surface area contributed by atoms with Crippen molar-refractivity contribution in [3.05, 3.63) is 0 Å². The predicted octanol–water partition coefficient (Wildman–Crippen LogP) is 0.977. The fourth-order valence-electron chi connectivity index (χ4n) is 0.219. The highest BCUT2D eigenvalue weighted by molar-refractivity contribution is 9.18. The fraction of sp³-hybridized carbons (Fsp3) is 0.750. The van der Waals surface area contributed by atoms with Crippen molar-refractivity contribution < 1.29 is 0 Å². The Hall–Kier alpha value is 0.0700. The molecule has 5 N–H and O–H groups in total. The molecule has 0 radical (unpaired) electrons. The van der Waals surface area contributed by atoms with Crippen molar-refractivity contribution in [3.8, 4) is 0 Å². The lowest BCUT2D eigenvalue weighted by molar-refractivity contribution is 1.00. The lowest BCUT2D eigenvalue weighted by Gasteiger charge is -1.82. The molecule has 0 aromatic heterocycles. The second kappa shape index (κ2) is 10.1. The van der Waals surface area contributed by atoms with Crippen molar-refractivity contribution in [1.29, 1.82) is 5.41 Å². The van der Waals surface area contributed by atoms with Gasteiger partial charge in [0, 0.05) is 0 Å². The minimum Gasteiger partial charge on any atom is -0.298 e. The Kier molecular flexibility index (Phi) is 13.9. The molecule has 0 saturated heterocycles. The molecule has 0 rings (SSSR count). The van der Waals surface area contributed by atoms with Crippen molar-refractivity contribution in [2.24, 2.45) is 11.7 Å². The average molecular weight is 182 g/mol. The van der Waals surface area contributed by atoms with E-state index >= 15 is 0 Å². The molecule has 0 saturated carbocycles. The molecule has 3 nitrogen and oxygen atoms in total. The summed E-state index contributed by atoms with van der Waals surface area (Å²) in [6, 6.07) is 0. The average Bonchev–Trinajstić information content (AvgIpc) is 1.72. The summed E-state index contributed by atoms with van der Waals surface area (Å²) in [5.41, 5.74) is 0. The van der Waals surface area contributed by atoms with Crippen molar-refractivity contribution in [1.82, 2.24) is 0 Å². The van der Waals surface area contributed by atoms with Crippen LogP contribution in [0, 0.1) is 5.41 Å². The molecule has 0 aromatic rings. The van der Waals surface area contributed by atoms with Gasteiger partial charge in [0.1, 0.15) is 0 Å². The summed E-state index contributed by atoms with van der Waals surface area (Å²) in [5, 5.41) is 6.81. The molecular weight excluding hydrogens is 170 g/mol. The first kappa shape index (κ1) is 10.9. The van der Waals surface area contributed by atoms with Crippen LogP contribution in [0.2, 0.25) is 0 Å². The lowest BCUT2D eigenvalue weighted by atomic mass is 10.4. The van der Waals surface area contributed by atoms with Crippen LogP contribution in [-0.2, 0) is 0 Å². The highest BCUT2D eigenvalue weighted by Gasteiger charge is 1.81. The van der Waals surface area contributed by atoms with Crippen LogP contribution < -0.4 is 11.7 Å². The van der Waals surface area contributed by atoms with Crippen LogP contribution in [0.3, 0.4) is 0 Å². The monoisotopic (exact) mass is 181 g/mol. The zero-order chi connectivity index (χ0) is 6.99. The molecule has 0 unspecified atom stereocenters. The van der Waals surface area contributed by atoms with E-state index in [2.05, 4.69) is 34.5 Å². The summed E-state index contributed by atoms with van der Waals surface area (Å²) >= 11 is 3.02. The normalized spacial score (nSPS) is 7.00. The number of hydrogen-bond donors (Lipinski definition) is 3. The van der Waals surface area contributed by atoms with Crippen molar-refractivity contribution in [2.75, 3.05) is 0 Å². The molecule has 0 amide bonds. The van der Waals surface area contributed by atoms with E-state index in [0.717, 1.165) is 12.8 Å². The number of hydrogen-bond acceptors (Lipinski definition) is 3. The third-order valence-electron chi connectivity index (χ3n) is 0.469. The van der Waals surface area contributed by atoms with Crippen LogP contribution in [0.1, 0.15) is 19.8 Å². The molecule has 8 heavy (non-hydrogen) atoms. The minimum absolute atomic E-state index is 0.602. The number of halogens is 1. The summed E-state index contributed by atoms with van der Waals surface area (Å²) in [5.74, 6) is 8.00. The SMILES string of the molecule is CCCC(=N)Br.NN. The Morgan fingerprint density at radius 2 is 2.00 bits per heavy atom. The maximum absolute atomic E-state index is 6.81. The van der Waals surface area contributed by atoms with E-state index in [1.165, 1.54) is 0 Å². The van der Waals surface area contributed by atoms with Gasteiger partial charge in [0.05, 0.1) is 4.62 Å². The number of nitrogens with two attached hydrogens (primary N) is 2. The Morgan fingerprint density at radius 1 is 1.62 bits per heavy atom. The minimum atomic E-state index is 0.602. The molecule has 0 spiro atoms. The van der Waals surface area contributed by atoms with Crippen LogP contribution in [-0.4, -0.2) is 4.62 Å². The Balaban J connectivity index is 0. The van der Waals surface area contributed by atoms with E-state index < -0.39 is 0 Å². The molecule has 0 fully saturated rings. The summed E-state index contributed by atoms with van der Waals surface area (Å²) in [6.07, 6.45) is 1.93. The van der Waals surface area contributed by atoms with Gasteiger partial charge in [-0.2, -0.15) is 0 Å². The molecule has 0 aliphatic rings. The van der Waals surface area contributed by atoms with Crippen molar-refractivity contribution in [2.45, 2.75) is 19.8 Å². The number of hydrazine groups is 1. The first-order valence-corrected chi connectivity index (χ1v) is 3.13. The molecule has 0 aromatic carbocycles. The summed E-state index contributed by atoms with van der Waals surface area (Å²) in [6.45, 7) is 2.05. The zero-order valence-corrected chi connectivity index (χ0v) is 6.53. The highest BCUT2D eigenvalue weighted by Crippen LogP contribution is 1.94. The second-order valence-corrected chi connectivity index (χ2v) is 2.11. The van der Waals surface area contributed by atoms with Gasteiger partial charge in [-0.1, -0.05) is 13.3 Å². The molecule has 4 heteroatoms. The first-order chi connectivity index (χ1) is 3.77. The van der Waals surface area contributed by atoms with Gasteiger partial charge in [0.15, 0.2) is 0 Å². The van der Waals surface area contributed by atoms with Gasteiger partial charge < -0.3 is 0 Å². The summed E-state index contributed by atoms with van der Waals surface area (Å²) in [4.78, 5) is 0. The highest BCUT2D eigenvalue weighted by atomic mass is 79.9. The van der Waals surface area contributed by atoms with Crippen molar-refractivity contribution in [3.63, 3.8) is 0 Å². The Bertz CT molecular complexity index is 55.2. The molecule has 0 atom stereocenters. The fourth-order valence-corrected chi connectivity index (χ4v) is 0.616. The van der Waals surface area contributed by atoms with Gasteiger partial charge in [0.2, 0.25) is 0 Å². The van der Waals surface area contributed by atoms with Gasteiger partial charge in [-0.3, -0.25) is 17.1 Å². The smallest absolute Gasteiger partial charge is 0.0739 e. The molecule has 0 aliphatic carbocycles. The topological polar surface area (TPSA) is 75.9 Å². The predicted molar refractivity (Wildman–Crippen MR) is 39.9 cm³/mol. The van der Waals surface area contributed by atoms with Gasteiger partial charge >= 0.3 is 0 Å². The largest absolute Gasteiger partial charge is 0.298 e. The van der Waals surface area contributed by atoms with E-state index in [9.17, 15) is 0 Å². The molecular formula is C4H12BrN3. The Morgan fingerprint density at radius 3 is 2.00 bits per heavy atom. The number of nitrogens with one attached hydrogen (secondary N) is 1. The van der Waals surface area contributed by atoms with Gasteiger partial charge in [-0.25, -0.2) is 0 Å². The third-order valence-corrected chi connectivity index (χ3v) is 0.866. The van der Waals surface area contributed by atoms with Crippen LogP contribution in [0.15, 0.2) is 0 Å². The van der Waals surface area contributed by atoms with E-state index in [-0.39, 0.29) is 0 Å². The summed E-state index contributed by atoms with van der Waals surface area (Å²) in [7, 11) is 0. The lowest BCUT2D eigenvalue weighted by Crippen LogP contribution is -2.02. The summed E-state index contributed by atoms with van der Waals surface area (Å²) < 4.78 is 0.602. The van der Waals surface area contributed by atoms with E-state index in [1.54, 1.807) is 0 Å². The van der Waals surface area contributed by atoms with Gasteiger partial charge in [-0.05, 0) is 22.4 Å². The standard InChI is InChI=1S/C4H8BrN.H4N2/c1-2-3-4(5)6;1-2/h6H,2-3H2,1H3;1-2H2. The maximum atomic E-state index is 6.81. The van der Waals surface area contributed by atoms with E-state index in [0.29, 0.717) is 4.62 Å². The quantitative estimate of drug-likeness (QED) is 0.338. The molecule has 50 valence electrons. The van der Waals surface area contributed by atoms with Crippen molar-refractivity contribution >= 4 is 20.6 Å². The second-order valence-electron chi connectivity index (χ2n) is 1.15. The van der Waals surface area contributed by atoms with Gasteiger partial charge in [0.25, 0.3) is 0 Å². The van der Waals surface area contributed by atoms with Crippen LogP contribution >= 0.6 is 15.9 Å². The van der Waals surface area contributed by atoms with Crippen LogP contribution in [0.5, 0.6) is 0 Å². The third kappa shape index (κ3) is 16.6. The van der Waals surface area contributed by atoms with Crippen LogP contribution in [0.25, 0.3) is 0 Å². The molecule has 0 bridgehead atoms. The van der Waals surface area contributed by atoms with E-state index in [1.807, 2.05) is 0 Å². The first-order valence-electron chi connectivity index (χ1n) is 2.33. The maximum Gasteiger partial charge on any atom is 0.0739 e. The van der Waals surface area contributed by atoms with E-state index in [4.69, 9.17) is 5.41 Å². The molecule has 0 heterocycles. The van der Waals surface area contributed by atoms with Gasteiger partial charge in [-0.15, -0.1) is 0 Å². The number of rotatable bonds is 2. The van der Waals surface area contributed by atoms with Crippen LogP contribution in [0.4, 0.5) is 0 Å². The molecule has 0 aliphatic heterocycles.